The van der Waals surface area contributed by atoms with E-state index in [1.165, 1.54) is 16.6 Å². The molecular formula is C16H16N2S. The fourth-order valence-corrected chi connectivity index (χ4v) is 2.86. The molecular weight excluding hydrogens is 252 g/mol. The Hall–Kier alpha value is -1.87. The van der Waals surface area contributed by atoms with Gasteiger partial charge in [-0.2, -0.15) is 0 Å². The van der Waals surface area contributed by atoms with Crippen LogP contribution in [0.4, 0.5) is 0 Å². The second kappa shape index (κ2) is 4.67. The standard InChI is InChI=1S/C16H16N2S/c1-11-8-9-14-15(10-11)18(16(19)17-14)12(2)13-6-4-3-5-7-13/h3-10,12H,1-2H3,(H,17,19). The van der Waals surface area contributed by atoms with Crippen LogP contribution in [0, 0.1) is 11.7 Å². The van der Waals surface area contributed by atoms with Gasteiger partial charge >= 0.3 is 0 Å². The predicted octanol–water partition coefficient (Wildman–Crippen LogP) is 4.62. The molecule has 0 spiro atoms. The molecule has 3 rings (SSSR count). The van der Waals surface area contributed by atoms with Crippen LogP contribution in [0.2, 0.25) is 0 Å². The van der Waals surface area contributed by atoms with Gasteiger partial charge in [-0.15, -0.1) is 0 Å². The Balaban J connectivity index is 2.22. The van der Waals surface area contributed by atoms with Gasteiger partial charge in [0.05, 0.1) is 17.1 Å². The molecule has 19 heavy (non-hydrogen) atoms. The Kier molecular flexibility index (Phi) is 2.99. The van der Waals surface area contributed by atoms with E-state index in [4.69, 9.17) is 12.2 Å². The normalized spacial score (nSPS) is 12.7. The minimum atomic E-state index is 0.226. The van der Waals surface area contributed by atoms with Crippen LogP contribution >= 0.6 is 12.2 Å². The summed E-state index contributed by atoms with van der Waals surface area (Å²) >= 11 is 5.48. The lowest BCUT2D eigenvalue weighted by Gasteiger charge is -2.15. The maximum absolute atomic E-state index is 5.48. The van der Waals surface area contributed by atoms with Crippen LogP contribution in [0.3, 0.4) is 0 Å². The summed E-state index contributed by atoms with van der Waals surface area (Å²) in [4.78, 5) is 3.28. The van der Waals surface area contributed by atoms with Crippen molar-refractivity contribution in [2.75, 3.05) is 0 Å². The predicted molar refractivity (Wildman–Crippen MR) is 82.1 cm³/mol. The molecule has 0 aliphatic rings. The van der Waals surface area contributed by atoms with Crippen LogP contribution in [0.5, 0.6) is 0 Å². The topological polar surface area (TPSA) is 20.7 Å². The molecule has 0 aliphatic carbocycles. The van der Waals surface area contributed by atoms with Crippen LogP contribution in [-0.4, -0.2) is 9.55 Å². The monoisotopic (exact) mass is 268 g/mol. The smallest absolute Gasteiger partial charge is 0.178 e. The molecule has 0 bridgehead atoms. The fraction of sp³-hybridized carbons (Fsp3) is 0.188. The van der Waals surface area contributed by atoms with Gasteiger partial charge < -0.3 is 9.55 Å². The van der Waals surface area contributed by atoms with Crippen LogP contribution in [0.15, 0.2) is 48.5 Å². The molecule has 3 heteroatoms. The third-order valence-corrected chi connectivity index (χ3v) is 3.84. The van der Waals surface area contributed by atoms with Gasteiger partial charge in [-0.05, 0) is 49.3 Å². The maximum atomic E-state index is 5.48. The maximum Gasteiger partial charge on any atom is 0.178 e. The Bertz CT molecular complexity index is 768. The first kappa shape index (κ1) is 12.2. The summed E-state index contributed by atoms with van der Waals surface area (Å²) < 4.78 is 2.96. The number of nitrogens with zero attached hydrogens (tertiary/aromatic N) is 1. The van der Waals surface area contributed by atoms with E-state index >= 15 is 0 Å². The van der Waals surface area contributed by atoms with Crippen LogP contribution < -0.4 is 0 Å². The molecule has 1 unspecified atom stereocenters. The van der Waals surface area contributed by atoms with Gasteiger partial charge in [-0.25, -0.2) is 0 Å². The molecule has 0 radical (unpaired) electrons. The first-order chi connectivity index (χ1) is 9.16. The van der Waals surface area contributed by atoms with E-state index in [9.17, 15) is 0 Å². The zero-order chi connectivity index (χ0) is 13.4. The highest BCUT2D eigenvalue weighted by molar-refractivity contribution is 7.71. The molecule has 1 N–H and O–H groups in total. The molecule has 2 nitrogen and oxygen atoms in total. The van der Waals surface area contributed by atoms with Gasteiger partial charge in [0.2, 0.25) is 0 Å². The lowest BCUT2D eigenvalue weighted by atomic mass is 10.1. The van der Waals surface area contributed by atoms with Gasteiger partial charge in [0.15, 0.2) is 4.77 Å². The Labute approximate surface area is 117 Å². The number of hydrogen-bond donors (Lipinski definition) is 1. The van der Waals surface area contributed by atoms with E-state index in [2.05, 4.69) is 65.9 Å². The third-order valence-electron chi connectivity index (χ3n) is 3.54. The number of hydrogen-bond acceptors (Lipinski definition) is 1. The molecule has 1 atom stereocenters. The van der Waals surface area contributed by atoms with Crippen molar-refractivity contribution in [3.05, 3.63) is 64.4 Å². The Morgan fingerprint density at radius 3 is 2.58 bits per heavy atom. The summed E-state index contributed by atoms with van der Waals surface area (Å²) in [7, 11) is 0. The molecule has 2 aromatic carbocycles. The zero-order valence-corrected chi connectivity index (χ0v) is 11.9. The minimum absolute atomic E-state index is 0.226. The number of imidazole rings is 1. The average Bonchev–Trinajstić information content (AvgIpc) is 2.74. The van der Waals surface area contributed by atoms with Crippen molar-refractivity contribution in [3.63, 3.8) is 0 Å². The summed E-state index contributed by atoms with van der Waals surface area (Å²) in [5.74, 6) is 0. The van der Waals surface area contributed by atoms with Crippen LogP contribution in [0.25, 0.3) is 11.0 Å². The van der Waals surface area contributed by atoms with Crippen molar-refractivity contribution >= 4 is 23.3 Å². The number of aryl methyl sites for hydroxylation is 1. The van der Waals surface area contributed by atoms with Crippen molar-refractivity contribution in [1.29, 1.82) is 0 Å². The van der Waals surface area contributed by atoms with E-state index in [1.807, 2.05) is 6.07 Å². The number of aromatic nitrogens is 2. The quantitative estimate of drug-likeness (QED) is 0.673. The van der Waals surface area contributed by atoms with E-state index in [0.29, 0.717) is 0 Å². The summed E-state index contributed by atoms with van der Waals surface area (Å²) in [5, 5.41) is 0. The Morgan fingerprint density at radius 1 is 1.11 bits per heavy atom. The van der Waals surface area contributed by atoms with Crippen molar-refractivity contribution in [1.82, 2.24) is 9.55 Å². The van der Waals surface area contributed by atoms with Gasteiger partial charge in [0, 0.05) is 0 Å². The highest BCUT2D eigenvalue weighted by Gasteiger charge is 2.12. The van der Waals surface area contributed by atoms with Crippen molar-refractivity contribution in [3.8, 4) is 0 Å². The number of benzene rings is 2. The second-order valence-electron chi connectivity index (χ2n) is 4.91. The number of aromatic amines is 1. The van der Waals surface area contributed by atoms with E-state index in [-0.39, 0.29) is 6.04 Å². The molecule has 0 fully saturated rings. The lowest BCUT2D eigenvalue weighted by Crippen LogP contribution is -2.06. The number of nitrogens with one attached hydrogen (secondary N) is 1. The molecule has 96 valence electrons. The van der Waals surface area contributed by atoms with Gasteiger partial charge in [0.25, 0.3) is 0 Å². The zero-order valence-electron chi connectivity index (χ0n) is 11.1. The minimum Gasteiger partial charge on any atom is -0.331 e. The SMILES string of the molecule is Cc1ccc2[nH]c(=S)n(C(C)c3ccccc3)c2c1. The van der Waals surface area contributed by atoms with E-state index in [1.54, 1.807) is 0 Å². The molecule has 1 aromatic heterocycles. The summed E-state index contributed by atoms with van der Waals surface area (Å²) in [6.45, 7) is 4.29. The molecule has 0 amide bonds. The van der Waals surface area contributed by atoms with Gasteiger partial charge in [0.1, 0.15) is 0 Å². The van der Waals surface area contributed by atoms with Crippen molar-refractivity contribution in [2.45, 2.75) is 19.9 Å². The highest BCUT2D eigenvalue weighted by atomic mass is 32.1. The lowest BCUT2D eigenvalue weighted by molar-refractivity contribution is 0.649. The summed E-state index contributed by atoms with van der Waals surface area (Å²) in [5.41, 5.74) is 4.77. The van der Waals surface area contributed by atoms with Crippen LogP contribution in [-0.2, 0) is 0 Å². The summed E-state index contributed by atoms with van der Waals surface area (Å²) in [6, 6.07) is 17.0. The molecule has 0 saturated heterocycles. The molecule has 0 aliphatic heterocycles. The Morgan fingerprint density at radius 2 is 1.84 bits per heavy atom. The summed E-state index contributed by atoms with van der Waals surface area (Å²) in [6.07, 6.45) is 0. The van der Waals surface area contributed by atoms with E-state index < -0.39 is 0 Å². The highest BCUT2D eigenvalue weighted by Crippen LogP contribution is 2.24. The number of H-pyrrole nitrogens is 1. The second-order valence-corrected chi connectivity index (χ2v) is 5.29. The third kappa shape index (κ3) is 2.10. The number of rotatable bonds is 2. The fourth-order valence-electron chi connectivity index (χ4n) is 2.50. The molecule has 3 aromatic rings. The number of fused-ring (bicyclic) bond motifs is 1. The molecule has 1 heterocycles. The van der Waals surface area contributed by atoms with Crippen molar-refractivity contribution < 1.29 is 0 Å². The first-order valence-corrected chi connectivity index (χ1v) is 6.83. The first-order valence-electron chi connectivity index (χ1n) is 6.42. The van der Waals surface area contributed by atoms with Crippen molar-refractivity contribution in [2.24, 2.45) is 0 Å². The molecule has 0 saturated carbocycles. The van der Waals surface area contributed by atoms with Gasteiger partial charge in [-0.3, -0.25) is 0 Å². The largest absolute Gasteiger partial charge is 0.331 e. The average molecular weight is 268 g/mol. The van der Waals surface area contributed by atoms with Gasteiger partial charge in [-0.1, -0.05) is 36.4 Å². The van der Waals surface area contributed by atoms with E-state index in [0.717, 1.165) is 10.3 Å². The van der Waals surface area contributed by atoms with Crippen LogP contribution in [0.1, 0.15) is 24.1 Å².